The van der Waals surface area contributed by atoms with Gasteiger partial charge in [0.2, 0.25) is 0 Å². The summed E-state index contributed by atoms with van der Waals surface area (Å²) in [6, 6.07) is 1.49. The van der Waals surface area contributed by atoms with Crippen LogP contribution >= 0.6 is 0 Å². The van der Waals surface area contributed by atoms with Gasteiger partial charge in [0.25, 0.3) is 0 Å². The van der Waals surface area contributed by atoms with Gasteiger partial charge in [0, 0.05) is 30.8 Å². The van der Waals surface area contributed by atoms with Crippen molar-refractivity contribution in [2.24, 2.45) is 18.4 Å². The highest BCUT2D eigenvalue weighted by molar-refractivity contribution is 5.88. The average Bonchev–Trinajstić information content (AvgIpc) is 2.64. The number of hydrogen-bond acceptors (Lipinski definition) is 3. The standard InChI is InChI=1S/C14H26N4O2/c1-9(2)12(19)14(4,5)8-15-13(20)16-11-7-10(3)18(6)17-11/h7,9,12,19H,8H2,1-6H3,(H2,15,16,17,20)/t12-/m1/s1. The molecule has 1 rings (SSSR count). The van der Waals surface area contributed by atoms with E-state index in [1.165, 1.54) is 0 Å². The number of amides is 2. The lowest BCUT2D eigenvalue weighted by atomic mass is 9.81. The second-order valence-corrected chi connectivity index (χ2v) is 6.28. The molecular weight excluding hydrogens is 256 g/mol. The number of anilines is 1. The summed E-state index contributed by atoms with van der Waals surface area (Å²) in [6.45, 7) is 10.1. The van der Waals surface area contributed by atoms with Gasteiger partial charge in [0.15, 0.2) is 5.82 Å². The van der Waals surface area contributed by atoms with Crippen molar-refractivity contribution in [3.05, 3.63) is 11.8 Å². The summed E-state index contributed by atoms with van der Waals surface area (Å²) in [5.41, 5.74) is 0.585. The van der Waals surface area contributed by atoms with E-state index in [0.29, 0.717) is 12.4 Å². The highest BCUT2D eigenvalue weighted by atomic mass is 16.3. The molecule has 0 aliphatic heterocycles. The number of aromatic nitrogens is 2. The van der Waals surface area contributed by atoms with Gasteiger partial charge in [-0.15, -0.1) is 0 Å². The van der Waals surface area contributed by atoms with Crippen molar-refractivity contribution in [3.63, 3.8) is 0 Å². The average molecular weight is 282 g/mol. The normalized spacial score (nSPS) is 13.4. The van der Waals surface area contributed by atoms with E-state index >= 15 is 0 Å². The Bertz CT molecular complexity index is 446. The predicted octanol–water partition coefficient (Wildman–Crippen LogP) is 1.89. The number of rotatable bonds is 5. The first-order chi connectivity index (χ1) is 9.13. The molecule has 1 aromatic rings. The highest BCUT2D eigenvalue weighted by Gasteiger charge is 2.30. The Morgan fingerprint density at radius 3 is 2.55 bits per heavy atom. The van der Waals surface area contributed by atoms with Crippen LogP contribution < -0.4 is 10.6 Å². The van der Waals surface area contributed by atoms with Crippen molar-refractivity contribution in [2.45, 2.75) is 40.7 Å². The molecule has 0 saturated carbocycles. The van der Waals surface area contributed by atoms with Crippen LogP contribution in [0.15, 0.2) is 6.07 Å². The van der Waals surface area contributed by atoms with Crippen molar-refractivity contribution < 1.29 is 9.90 Å². The monoisotopic (exact) mass is 282 g/mol. The summed E-state index contributed by atoms with van der Waals surface area (Å²) in [5.74, 6) is 0.665. The van der Waals surface area contributed by atoms with Crippen LogP contribution in [-0.4, -0.2) is 33.6 Å². The molecule has 20 heavy (non-hydrogen) atoms. The van der Waals surface area contributed by atoms with Gasteiger partial charge in [0.1, 0.15) is 0 Å². The maximum absolute atomic E-state index is 11.8. The number of hydrogen-bond donors (Lipinski definition) is 3. The Kier molecular flexibility index (Phi) is 5.16. The number of nitrogens with zero attached hydrogens (tertiary/aromatic N) is 2. The third-order valence-electron chi connectivity index (χ3n) is 3.49. The number of nitrogens with one attached hydrogen (secondary N) is 2. The molecule has 0 bridgehead atoms. The second-order valence-electron chi connectivity index (χ2n) is 6.28. The summed E-state index contributed by atoms with van der Waals surface area (Å²) in [6.07, 6.45) is -0.472. The predicted molar refractivity (Wildman–Crippen MR) is 79.6 cm³/mol. The molecule has 2 amide bonds. The Labute approximate surface area is 120 Å². The first kappa shape index (κ1) is 16.5. The highest BCUT2D eigenvalue weighted by Crippen LogP contribution is 2.25. The summed E-state index contributed by atoms with van der Waals surface area (Å²) in [7, 11) is 1.82. The number of urea groups is 1. The topological polar surface area (TPSA) is 79.2 Å². The van der Waals surface area contributed by atoms with Gasteiger partial charge in [-0.05, 0) is 12.8 Å². The first-order valence-corrected chi connectivity index (χ1v) is 6.87. The van der Waals surface area contributed by atoms with Gasteiger partial charge < -0.3 is 10.4 Å². The van der Waals surface area contributed by atoms with Crippen molar-refractivity contribution in [3.8, 4) is 0 Å². The fraction of sp³-hybridized carbons (Fsp3) is 0.714. The van der Waals surface area contributed by atoms with Gasteiger partial charge in [-0.2, -0.15) is 5.10 Å². The Balaban J connectivity index is 2.51. The van der Waals surface area contributed by atoms with Crippen LogP contribution in [0.25, 0.3) is 0 Å². The van der Waals surface area contributed by atoms with Gasteiger partial charge in [0.05, 0.1) is 6.10 Å². The molecule has 1 atom stereocenters. The third kappa shape index (κ3) is 4.23. The van der Waals surface area contributed by atoms with E-state index in [0.717, 1.165) is 5.69 Å². The van der Waals surface area contributed by atoms with Crippen LogP contribution in [0.1, 0.15) is 33.4 Å². The van der Waals surface area contributed by atoms with E-state index in [-0.39, 0.29) is 17.4 Å². The minimum Gasteiger partial charge on any atom is -0.392 e. The molecule has 0 spiro atoms. The van der Waals surface area contributed by atoms with Crippen LogP contribution in [0, 0.1) is 18.3 Å². The zero-order valence-corrected chi connectivity index (χ0v) is 13.2. The number of aryl methyl sites for hydroxylation is 2. The summed E-state index contributed by atoms with van der Waals surface area (Å²) < 4.78 is 1.70. The number of aliphatic hydroxyl groups excluding tert-OH is 1. The van der Waals surface area contributed by atoms with E-state index in [1.54, 1.807) is 10.7 Å². The number of aliphatic hydroxyl groups is 1. The van der Waals surface area contributed by atoms with Gasteiger partial charge in [-0.25, -0.2) is 4.79 Å². The molecule has 0 unspecified atom stereocenters. The largest absolute Gasteiger partial charge is 0.392 e. The second kappa shape index (κ2) is 6.26. The zero-order valence-electron chi connectivity index (χ0n) is 13.2. The quantitative estimate of drug-likeness (QED) is 0.771. The smallest absolute Gasteiger partial charge is 0.320 e. The lowest BCUT2D eigenvalue weighted by molar-refractivity contribution is 0.0154. The zero-order chi connectivity index (χ0) is 15.5. The van der Waals surface area contributed by atoms with E-state index in [1.807, 2.05) is 41.7 Å². The van der Waals surface area contributed by atoms with Crippen LogP contribution in [0.5, 0.6) is 0 Å². The fourth-order valence-electron chi connectivity index (χ4n) is 2.10. The van der Waals surface area contributed by atoms with Crippen molar-refractivity contribution in [1.82, 2.24) is 15.1 Å². The molecule has 6 nitrogen and oxygen atoms in total. The van der Waals surface area contributed by atoms with Crippen LogP contribution in [0.3, 0.4) is 0 Å². The molecule has 6 heteroatoms. The molecule has 0 fully saturated rings. The first-order valence-electron chi connectivity index (χ1n) is 6.87. The fourth-order valence-corrected chi connectivity index (χ4v) is 2.10. The summed E-state index contributed by atoms with van der Waals surface area (Å²) in [5, 5.41) is 19.7. The summed E-state index contributed by atoms with van der Waals surface area (Å²) in [4.78, 5) is 11.8. The Hall–Kier alpha value is -1.56. The Morgan fingerprint density at radius 1 is 1.50 bits per heavy atom. The maximum Gasteiger partial charge on any atom is 0.320 e. The number of carbonyl (C=O) groups excluding carboxylic acids is 1. The molecule has 0 aromatic carbocycles. The molecule has 0 aliphatic rings. The van der Waals surface area contributed by atoms with Crippen molar-refractivity contribution in [2.75, 3.05) is 11.9 Å². The van der Waals surface area contributed by atoms with E-state index in [4.69, 9.17) is 0 Å². The lowest BCUT2D eigenvalue weighted by Crippen LogP contribution is -2.44. The molecule has 3 N–H and O–H groups in total. The SMILES string of the molecule is Cc1cc(NC(=O)NCC(C)(C)[C@H](O)C(C)C)nn1C. The lowest BCUT2D eigenvalue weighted by Gasteiger charge is -2.33. The molecule has 0 aliphatic carbocycles. The maximum atomic E-state index is 11.8. The molecule has 0 saturated heterocycles. The van der Waals surface area contributed by atoms with Gasteiger partial charge >= 0.3 is 6.03 Å². The van der Waals surface area contributed by atoms with Crippen LogP contribution in [0.2, 0.25) is 0 Å². The van der Waals surface area contributed by atoms with E-state index in [2.05, 4.69) is 15.7 Å². The molecule has 1 heterocycles. The Morgan fingerprint density at radius 2 is 2.10 bits per heavy atom. The van der Waals surface area contributed by atoms with E-state index in [9.17, 15) is 9.90 Å². The molecule has 1 aromatic heterocycles. The minimum atomic E-state index is -0.472. The van der Waals surface area contributed by atoms with Crippen molar-refractivity contribution >= 4 is 11.8 Å². The van der Waals surface area contributed by atoms with Gasteiger partial charge in [-0.3, -0.25) is 10.00 Å². The molecular formula is C14H26N4O2. The van der Waals surface area contributed by atoms with Crippen molar-refractivity contribution in [1.29, 1.82) is 0 Å². The van der Waals surface area contributed by atoms with Crippen LogP contribution in [-0.2, 0) is 7.05 Å². The molecule has 114 valence electrons. The van der Waals surface area contributed by atoms with Crippen LogP contribution in [0.4, 0.5) is 10.6 Å². The number of carbonyl (C=O) groups is 1. The van der Waals surface area contributed by atoms with Gasteiger partial charge in [-0.1, -0.05) is 27.7 Å². The van der Waals surface area contributed by atoms with E-state index < -0.39 is 6.10 Å². The third-order valence-corrected chi connectivity index (χ3v) is 3.49. The molecule has 0 radical (unpaired) electrons. The summed E-state index contributed by atoms with van der Waals surface area (Å²) >= 11 is 0. The minimum absolute atomic E-state index is 0.147.